The standard InChI is InChI=1S/C14H20BrNO/c1-17-11-6-7-12(13(15)9-11)14(16)8-10-4-2-3-5-10/h6-7,9-10,14H,2-5,8,16H2,1H3. The molecule has 1 aliphatic rings. The van der Waals surface area contributed by atoms with E-state index in [-0.39, 0.29) is 6.04 Å². The van der Waals surface area contributed by atoms with Crippen LogP contribution in [0.3, 0.4) is 0 Å². The minimum atomic E-state index is 0.137. The first-order valence-electron chi connectivity index (χ1n) is 6.29. The highest BCUT2D eigenvalue weighted by Gasteiger charge is 2.20. The summed E-state index contributed by atoms with van der Waals surface area (Å²) < 4.78 is 6.25. The van der Waals surface area contributed by atoms with Crippen molar-refractivity contribution >= 4 is 15.9 Å². The molecule has 0 saturated heterocycles. The van der Waals surface area contributed by atoms with Crippen LogP contribution in [0, 0.1) is 5.92 Å². The third-order valence-electron chi connectivity index (χ3n) is 3.67. The molecule has 0 heterocycles. The highest BCUT2D eigenvalue weighted by molar-refractivity contribution is 9.10. The van der Waals surface area contributed by atoms with Crippen LogP contribution in [0.1, 0.15) is 43.7 Å². The normalized spacial score (nSPS) is 18.3. The van der Waals surface area contributed by atoms with Crippen LogP contribution in [-0.4, -0.2) is 7.11 Å². The Morgan fingerprint density at radius 3 is 2.71 bits per heavy atom. The topological polar surface area (TPSA) is 35.2 Å². The maximum absolute atomic E-state index is 6.30. The van der Waals surface area contributed by atoms with E-state index in [9.17, 15) is 0 Å². The van der Waals surface area contributed by atoms with Crippen LogP contribution < -0.4 is 10.5 Å². The number of nitrogens with two attached hydrogens (primary N) is 1. The van der Waals surface area contributed by atoms with Gasteiger partial charge in [0, 0.05) is 10.5 Å². The quantitative estimate of drug-likeness (QED) is 0.910. The fourth-order valence-electron chi connectivity index (χ4n) is 2.67. The van der Waals surface area contributed by atoms with Gasteiger partial charge in [0.25, 0.3) is 0 Å². The van der Waals surface area contributed by atoms with Crippen LogP contribution in [0.25, 0.3) is 0 Å². The van der Waals surface area contributed by atoms with Crippen molar-refractivity contribution in [3.63, 3.8) is 0 Å². The zero-order chi connectivity index (χ0) is 12.3. The monoisotopic (exact) mass is 297 g/mol. The van der Waals surface area contributed by atoms with Gasteiger partial charge in [-0.15, -0.1) is 0 Å². The van der Waals surface area contributed by atoms with E-state index >= 15 is 0 Å². The number of rotatable bonds is 4. The second-order valence-electron chi connectivity index (χ2n) is 4.88. The molecule has 1 fully saturated rings. The maximum atomic E-state index is 6.30. The van der Waals surface area contributed by atoms with Gasteiger partial charge in [-0.05, 0) is 30.0 Å². The first-order valence-corrected chi connectivity index (χ1v) is 7.09. The van der Waals surface area contributed by atoms with Gasteiger partial charge in [0.2, 0.25) is 0 Å². The number of halogens is 1. The van der Waals surface area contributed by atoms with Crippen molar-refractivity contribution in [3.05, 3.63) is 28.2 Å². The lowest BCUT2D eigenvalue weighted by molar-refractivity contribution is 0.413. The summed E-state index contributed by atoms with van der Waals surface area (Å²) in [6.07, 6.45) is 6.55. The van der Waals surface area contributed by atoms with Crippen LogP contribution in [0.5, 0.6) is 5.75 Å². The Morgan fingerprint density at radius 1 is 1.41 bits per heavy atom. The third kappa shape index (κ3) is 3.23. The van der Waals surface area contributed by atoms with Gasteiger partial charge in [-0.25, -0.2) is 0 Å². The summed E-state index contributed by atoms with van der Waals surface area (Å²) in [6, 6.07) is 6.18. The van der Waals surface area contributed by atoms with Crippen molar-refractivity contribution in [1.82, 2.24) is 0 Å². The highest BCUT2D eigenvalue weighted by Crippen LogP contribution is 2.35. The Labute approximate surface area is 112 Å². The predicted molar refractivity (Wildman–Crippen MR) is 74.2 cm³/mol. The van der Waals surface area contributed by atoms with Gasteiger partial charge in [-0.3, -0.25) is 0 Å². The lowest BCUT2D eigenvalue weighted by atomic mass is 9.94. The van der Waals surface area contributed by atoms with Crippen molar-refractivity contribution < 1.29 is 4.74 Å². The summed E-state index contributed by atoms with van der Waals surface area (Å²) >= 11 is 3.58. The number of hydrogen-bond donors (Lipinski definition) is 1. The molecule has 1 saturated carbocycles. The second-order valence-corrected chi connectivity index (χ2v) is 5.73. The van der Waals surface area contributed by atoms with E-state index in [0.717, 1.165) is 22.6 Å². The largest absolute Gasteiger partial charge is 0.497 e. The summed E-state index contributed by atoms with van der Waals surface area (Å²) in [5.74, 6) is 1.69. The Kier molecular flexibility index (Phi) is 4.46. The minimum Gasteiger partial charge on any atom is -0.497 e. The zero-order valence-electron chi connectivity index (χ0n) is 10.3. The highest BCUT2D eigenvalue weighted by atomic mass is 79.9. The molecule has 17 heavy (non-hydrogen) atoms. The molecule has 0 spiro atoms. The molecule has 0 aromatic heterocycles. The molecular weight excluding hydrogens is 278 g/mol. The third-order valence-corrected chi connectivity index (χ3v) is 4.36. The van der Waals surface area contributed by atoms with Gasteiger partial charge in [0.05, 0.1) is 7.11 Å². The Morgan fingerprint density at radius 2 is 2.12 bits per heavy atom. The molecule has 0 aliphatic heterocycles. The molecule has 1 aromatic rings. The molecule has 3 heteroatoms. The van der Waals surface area contributed by atoms with Gasteiger partial charge >= 0.3 is 0 Å². The summed E-state index contributed by atoms with van der Waals surface area (Å²) in [4.78, 5) is 0. The number of ether oxygens (including phenoxy) is 1. The first kappa shape index (κ1) is 12.9. The Bertz CT molecular complexity index is 374. The molecule has 0 radical (unpaired) electrons. The smallest absolute Gasteiger partial charge is 0.120 e. The Balaban J connectivity index is 2.04. The van der Waals surface area contributed by atoms with Gasteiger partial charge < -0.3 is 10.5 Å². The molecule has 1 aliphatic carbocycles. The van der Waals surface area contributed by atoms with E-state index < -0.39 is 0 Å². The number of hydrogen-bond acceptors (Lipinski definition) is 2. The molecule has 1 aromatic carbocycles. The van der Waals surface area contributed by atoms with E-state index in [0.29, 0.717) is 0 Å². The van der Waals surface area contributed by atoms with Gasteiger partial charge in [0.1, 0.15) is 5.75 Å². The summed E-state index contributed by atoms with van der Waals surface area (Å²) in [6.45, 7) is 0. The van der Waals surface area contributed by atoms with Crippen LogP contribution in [0.2, 0.25) is 0 Å². The average molecular weight is 298 g/mol. The second kappa shape index (κ2) is 5.87. The number of methoxy groups -OCH3 is 1. The van der Waals surface area contributed by atoms with E-state index in [1.54, 1.807) is 7.11 Å². The van der Waals surface area contributed by atoms with Crippen molar-refractivity contribution in [2.75, 3.05) is 7.11 Å². The van der Waals surface area contributed by atoms with Crippen molar-refractivity contribution in [2.24, 2.45) is 11.7 Å². The lowest BCUT2D eigenvalue weighted by Crippen LogP contribution is -2.14. The van der Waals surface area contributed by atoms with E-state index in [1.165, 1.54) is 31.2 Å². The van der Waals surface area contributed by atoms with E-state index in [4.69, 9.17) is 10.5 Å². The van der Waals surface area contributed by atoms with Crippen molar-refractivity contribution in [3.8, 4) is 5.75 Å². The molecule has 94 valence electrons. The molecular formula is C14H20BrNO. The predicted octanol–water partition coefficient (Wildman–Crippen LogP) is 4.04. The van der Waals surface area contributed by atoms with E-state index in [1.807, 2.05) is 12.1 Å². The van der Waals surface area contributed by atoms with Gasteiger partial charge in [-0.1, -0.05) is 47.7 Å². The van der Waals surface area contributed by atoms with Crippen LogP contribution in [0.15, 0.2) is 22.7 Å². The van der Waals surface area contributed by atoms with Crippen LogP contribution in [0.4, 0.5) is 0 Å². The van der Waals surface area contributed by atoms with Crippen LogP contribution in [-0.2, 0) is 0 Å². The van der Waals surface area contributed by atoms with Gasteiger partial charge in [0.15, 0.2) is 0 Å². The minimum absolute atomic E-state index is 0.137. The fraction of sp³-hybridized carbons (Fsp3) is 0.571. The Hall–Kier alpha value is -0.540. The molecule has 0 bridgehead atoms. The average Bonchev–Trinajstić information content (AvgIpc) is 2.81. The van der Waals surface area contributed by atoms with E-state index in [2.05, 4.69) is 22.0 Å². The molecule has 2 rings (SSSR count). The first-order chi connectivity index (χ1) is 8.20. The number of benzene rings is 1. The summed E-state index contributed by atoms with van der Waals surface area (Å²) in [5.41, 5.74) is 7.49. The molecule has 2 N–H and O–H groups in total. The summed E-state index contributed by atoms with van der Waals surface area (Å²) in [5, 5.41) is 0. The molecule has 1 atom stereocenters. The lowest BCUT2D eigenvalue weighted by Gasteiger charge is -2.18. The molecule has 0 amide bonds. The van der Waals surface area contributed by atoms with Crippen molar-refractivity contribution in [1.29, 1.82) is 0 Å². The molecule has 2 nitrogen and oxygen atoms in total. The van der Waals surface area contributed by atoms with Gasteiger partial charge in [-0.2, -0.15) is 0 Å². The van der Waals surface area contributed by atoms with Crippen molar-refractivity contribution in [2.45, 2.75) is 38.1 Å². The zero-order valence-corrected chi connectivity index (χ0v) is 11.9. The fourth-order valence-corrected chi connectivity index (χ4v) is 3.32. The SMILES string of the molecule is COc1ccc(C(N)CC2CCCC2)c(Br)c1. The van der Waals surface area contributed by atoms with Crippen LogP contribution >= 0.6 is 15.9 Å². The summed E-state index contributed by atoms with van der Waals surface area (Å²) in [7, 11) is 1.68. The molecule has 1 unspecified atom stereocenters. The maximum Gasteiger partial charge on any atom is 0.120 e.